The SMILES string of the molecule is CC(NC(=O)c1sc(-c2ccccc2Cl)nc1C(F)(F)F)c1cccc(N(C)C)c1. The Morgan fingerprint density at radius 1 is 1.17 bits per heavy atom. The van der Waals surface area contributed by atoms with Gasteiger partial charge in [0.2, 0.25) is 0 Å². The third kappa shape index (κ3) is 4.76. The summed E-state index contributed by atoms with van der Waals surface area (Å²) >= 11 is 6.77. The number of thiazole rings is 1. The van der Waals surface area contributed by atoms with Crippen molar-refractivity contribution >= 4 is 34.5 Å². The Labute approximate surface area is 181 Å². The van der Waals surface area contributed by atoms with E-state index < -0.39 is 28.7 Å². The van der Waals surface area contributed by atoms with Crippen LogP contribution in [0.3, 0.4) is 0 Å². The summed E-state index contributed by atoms with van der Waals surface area (Å²) in [7, 11) is 3.76. The van der Waals surface area contributed by atoms with Crippen LogP contribution < -0.4 is 10.2 Å². The van der Waals surface area contributed by atoms with E-state index in [4.69, 9.17) is 11.6 Å². The zero-order valence-corrected chi connectivity index (χ0v) is 18.0. The van der Waals surface area contributed by atoms with Crippen molar-refractivity contribution < 1.29 is 18.0 Å². The summed E-state index contributed by atoms with van der Waals surface area (Å²) in [6.45, 7) is 1.72. The number of amides is 1. The van der Waals surface area contributed by atoms with Crippen LogP contribution >= 0.6 is 22.9 Å². The summed E-state index contributed by atoms with van der Waals surface area (Å²) < 4.78 is 40.7. The fourth-order valence-electron chi connectivity index (χ4n) is 2.83. The molecule has 9 heteroatoms. The molecule has 0 aliphatic carbocycles. The molecule has 1 unspecified atom stereocenters. The average molecular weight is 454 g/mol. The van der Waals surface area contributed by atoms with Crippen molar-refractivity contribution in [2.75, 3.05) is 19.0 Å². The van der Waals surface area contributed by atoms with E-state index in [9.17, 15) is 18.0 Å². The quantitative estimate of drug-likeness (QED) is 0.512. The minimum atomic E-state index is -4.77. The molecule has 4 nitrogen and oxygen atoms in total. The number of nitrogens with zero attached hydrogens (tertiary/aromatic N) is 2. The fraction of sp³-hybridized carbons (Fsp3) is 0.238. The summed E-state index contributed by atoms with van der Waals surface area (Å²) in [6.07, 6.45) is -4.77. The van der Waals surface area contributed by atoms with Gasteiger partial charge in [-0.1, -0.05) is 41.9 Å². The number of carbonyl (C=O) groups excluding carboxylic acids is 1. The second-order valence-corrected chi connectivity index (χ2v) is 8.27. The maximum Gasteiger partial charge on any atom is 0.435 e. The first kappa shape index (κ1) is 22.1. The lowest BCUT2D eigenvalue weighted by Gasteiger charge is -2.18. The first-order valence-corrected chi connectivity index (χ1v) is 10.2. The maximum atomic E-state index is 13.6. The summed E-state index contributed by atoms with van der Waals surface area (Å²) in [6, 6.07) is 13.4. The predicted octanol–water partition coefficient (Wildman–Crippen LogP) is 6.04. The number of rotatable bonds is 5. The Balaban J connectivity index is 1.93. The van der Waals surface area contributed by atoms with E-state index >= 15 is 0 Å². The van der Waals surface area contributed by atoms with Gasteiger partial charge in [0.1, 0.15) is 9.88 Å². The molecule has 3 rings (SSSR count). The second-order valence-electron chi connectivity index (χ2n) is 6.86. The molecule has 0 saturated heterocycles. The highest BCUT2D eigenvalue weighted by molar-refractivity contribution is 7.17. The van der Waals surface area contributed by atoms with Crippen molar-refractivity contribution in [1.82, 2.24) is 10.3 Å². The molecule has 1 aromatic heterocycles. The highest BCUT2D eigenvalue weighted by Gasteiger charge is 2.40. The summed E-state index contributed by atoms with van der Waals surface area (Å²) in [4.78, 5) is 17.9. The van der Waals surface area contributed by atoms with Gasteiger partial charge in [0.25, 0.3) is 5.91 Å². The number of carbonyl (C=O) groups is 1. The van der Waals surface area contributed by atoms with Crippen molar-refractivity contribution in [3.05, 3.63) is 69.7 Å². The Kier molecular flexibility index (Phi) is 6.38. The third-order valence-electron chi connectivity index (χ3n) is 4.44. The highest BCUT2D eigenvalue weighted by atomic mass is 35.5. The second kappa shape index (κ2) is 8.65. The molecule has 0 radical (unpaired) electrons. The molecule has 0 fully saturated rings. The Morgan fingerprint density at radius 3 is 2.50 bits per heavy atom. The zero-order valence-electron chi connectivity index (χ0n) is 16.4. The molecule has 158 valence electrons. The fourth-order valence-corrected chi connectivity index (χ4v) is 4.14. The van der Waals surface area contributed by atoms with Gasteiger partial charge in [0.05, 0.1) is 11.1 Å². The van der Waals surface area contributed by atoms with Gasteiger partial charge in [-0.15, -0.1) is 11.3 Å². The minimum Gasteiger partial charge on any atom is -0.378 e. The molecule has 30 heavy (non-hydrogen) atoms. The topological polar surface area (TPSA) is 45.2 Å². The van der Waals surface area contributed by atoms with Crippen molar-refractivity contribution in [2.24, 2.45) is 0 Å². The van der Waals surface area contributed by atoms with Gasteiger partial charge in [0.15, 0.2) is 5.69 Å². The Morgan fingerprint density at radius 2 is 1.87 bits per heavy atom. The average Bonchev–Trinajstić information content (AvgIpc) is 3.14. The van der Waals surface area contributed by atoms with E-state index in [1.54, 1.807) is 31.2 Å². The van der Waals surface area contributed by atoms with Gasteiger partial charge in [-0.3, -0.25) is 4.79 Å². The first-order chi connectivity index (χ1) is 14.1. The summed E-state index contributed by atoms with van der Waals surface area (Å²) in [5.74, 6) is -0.833. The van der Waals surface area contributed by atoms with E-state index in [0.717, 1.165) is 11.3 Å². The van der Waals surface area contributed by atoms with E-state index in [2.05, 4.69) is 10.3 Å². The molecule has 0 bridgehead atoms. The molecule has 2 aromatic carbocycles. The van der Waals surface area contributed by atoms with Crippen LogP contribution in [0.4, 0.5) is 18.9 Å². The Hall–Kier alpha value is -2.58. The molecule has 1 heterocycles. The lowest BCUT2D eigenvalue weighted by atomic mass is 10.1. The van der Waals surface area contributed by atoms with Gasteiger partial charge < -0.3 is 10.2 Å². The number of hydrogen-bond acceptors (Lipinski definition) is 4. The molecular formula is C21H19ClF3N3OS. The normalized spacial score (nSPS) is 12.5. The van der Waals surface area contributed by atoms with Crippen LogP contribution in [0.1, 0.15) is 33.9 Å². The third-order valence-corrected chi connectivity index (χ3v) is 5.86. The van der Waals surface area contributed by atoms with E-state index in [1.807, 2.05) is 43.3 Å². The van der Waals surface area contributed by atoms with Crippen LogP contribution in [0.15, 0.2) is 48.5 Å². The molecular weight excluding hydrogens is 435 g/mol. The van der Waals surface area contributed by atoms with E-state index in [1.165, 1.54) is 0 Å². The van der Waals surface area contributed by atoms with Gasteiger partial charge in [-0.05, 0) is 30.7 Å². The van der Waals surface area contributed by atoms with Gasteiger partial charge >= 0.3 is 6.18 Å². The molecule has 0 aliphatic rings. The monoisotopic (exact) mass is 453 g/mol. The van der Waals surface area contributed by atoms with Crippen LogP contribution in [0.25, 0.3) is 10.6 Å². The minimum absolute atomic E-state index is 0.0420. The van der Waals surface area contributed by atoms with Crippen molar-refractivity contribution in [3.63, 3.8) is 0 Å². The van der Waals surface area contributed by atoms with Crippen molar-refractivity contribution in [3.8, 4) is 10.6 Å². The Bertz CT molecular complexity index is 1070. The largest absolute Gasteiger partial charge is 0.435 e. The van der Waals surface area contributed by atoms with Crippen LogP contribution in [-0.2, 0) is 6.18 Å². The smallest absolute Gasteiger partial charge is 0.378 e. The number of nitrogens with one attached hydrogen (secondary N) is 1. The number of anilines is 1. The number of benzene rings is 2. The van der Waals surface area contributed by atoms with Gasteiger partial charge in [-0.25, -0.2) is 4.98 Å². The number of alkyl halides is 3. The molecule has 3 aromatic rings. The molecule has 0 aliphatic heterocycles. The number of halogens is 4. The van der Waals surface area contributed by atoms with E-state index in [-0.39, 0.29) is 10.0 Å². The number of aromatic nitrogens is 1. The first-order valence-electron chi connectivity index (χ1n) is 8.99. The standard InChI is InChI=1S/C21H19ClF3N3OS/c1-12(13-7-6-8-14(11-13)28(2)3)26-19(29)17-18(21(23,24)25)27-20(30-17)15-9-4-5-10-16(15)22/h4-12H,1-3H3,(H,26,29). The summed E-state index contributed by atoms with van der Waals surface area (Å²) in [5, 5.41) is 2.96. The van der Waals surface area contributed by atoms with Crippen LogP contribution in [0.5, 0.6) is 0 Å². The van der Waals surface area contributed by atoms with Gasteiger partial charge in [0, 0.05) is 25.3 Å². The summed E-state index contributed by atoms with van der Waals surface area (Å²) in [5.41, 5.74) is 0.830. The lowest BCUT2D eigenvalue weighted by molar-refractivity contribution is -0.141. The van der Waals surface area contributed by atoms with Crippen LogP contribution in [0.2, 0.25) is 5.02 Å². The molecule has 1 amide bonds. The van der Waals surface area contributed by atoms with Crippen LogP contribution in [0, 0.1) is 0 Å². The highest BCUT2D eigenvalue weighted by Crippen LogP contribution is 2.39. The van der Waals surface area contributed by atoms with Crippen molar-refractivity contribution in [1.29, 1.82) is 0 Å². The van der Waals surface area contributed by atoms with Crippen LogP contribution in [-0.4, -0.2) is 25.0 Å². The molecule has 0 spiro atoms. The number of hydrogen-bond donors (Lipinski definition) is 1. The van der Waals surface area contributed by atoms with Crippen molar-refractivity contribution in [2.45, 2.75) is 19.1 Å². The molecule has 1 atom stereocenters. The lowest BCUT2D eigenvalue weighted by Crippen LogP contribution is -2.28. The zero-order chi connectivity index (χ0) is 22.1. The molecule has 1 N–H and O–H groups in total. The van der Waals surface area contributed by atoms with Gasteiger partial charge in [-0.2, -0.15) is 13.2 Å². The van der Waals surface area contributed by atoms with E-state index in [0.29, 0.717) is 16.9 Å². The predicted molar refractivity (Wildman–Crippen MR) is 114 cm³/mol. The molecule has 0 saturated carbocycles. The maximum absolute atomic E-state index is 13.6.